The Morgan fingerprint density at radius 3 is 1.39 bits per heavy atom. The van der Waals surface area contributed by atoms with Gasteiger partial charge >= 0.3 is 0 Å². The average Bonchev–Trinajstić information content (AvgIpc) is 3.86. The van der Waals surface area contributed by atoms with Crippen molar-refractivity contribution >= 4 is 97.6 Å². The third kappa shape index (κ3) is 4.55. The van der Waals surface area contributed by atoms with Gasteiger partial charge in [0.05, 0.1) is 33.3 Å². The van der Waals surface area contributed by atoms with Crippen LogP contribution in [0, 0.1) is 0 Å². The molecule has 3 aromatic heterocycles. The van der Waals surface area contributed by atoms with Gasteiger partial charge in [0.1, 0.15) is 0 Å². The number of fused-ring (bicyclic) bond motifs is 11. The average molecular weight is 787 g/mol. The SMILES string of the molecule is c1ccc(-c2ccc(-c3nc(-n4c5ccccc5c5c6cccc7c8cccc9c8c(cc8c9c9ccccc9n8-c8ccccc8)c(cc54)c76)nc4ccccc34)cc2)cc1. The Labute approximate surface area is 355 Å². The minimum Gasteiger partial charge on any atom is -0.309 e. The van der Waals surface area contributed by atoms with E-state index in [1.54, 1.807) is 0 Å². The van der Waals surface area contributed by atoms with Gasteiger partial charge < -0.3 is 4.57 Å². The highest BCUT2D eigenvalue weighted by Crippen LogP contribution is 2.49. The first kappa shape index (κ1) is 33.5. The van der Waals surface area contributed by atoms with E-state index < -0.39 is 0 Å². The quantitative estimate of drug-likeness (QED) is 0.132. The second-order valence-electron chi connectivity index (χ2n) is 16.5. The normalized spacial score (nSPS) is 12.2. The Morgan fingerprint density at radius 2 is 0.742 bits per heavy atom. The molecule has 62 heavy (non-hydrogen) atoms. The Bertz CT molecular complexity index is 4120. The number of benzene rings is 11. The molecule has 0 amide bonds. The van der Waals surface area contributed by atoms with Gasteiger partial charge in [-0.2, -0.15) is 0 Å². The predicted octanol–water partition coefficient (Wildman–Crippen LogP) is 15.2. The molecule has 0 saturated carbocycles. The first-order valence-electron chi connectivity index (χ1n) is 21.3. The van der Waals surface area contributed by atoms with E-state index in [2.05, 4.69) is 215 Å². The summed E-state index contributed by atoms with van der Waals surface area (Å²) in [4.78, 5) is 10.9. The second-order valence-corrected chi connectivity index (χ2v) is 16.5. The summed E-state index contributed by atoms with van der Waals surface area (Å²) in [6, 6.07) is 74.7. The minimum atomic E-state index is 0.653. The standard InChI is InChI=1S/C58H34N4/c1-3-15-35(16-4-1)36-29-31-37(32-30-36)57-41-19-7-10-26-48(41)59-58(60-57)62-50-28-12-9-21-43(50)56-45-25-14-23-40-39-22-13-24-44-53(39)46(47(54(40)45)34-52(56)62)33-51-55(44)42-20-8-11-27-49(42)61(51)38-17-5-2-6-18-38/h1-34H. The zero-order valence-electron chi connectivity index (χ0n) is 33.4. The van der Waals surface area contributed by atoms with Gasteiger partial charge in [0, 0.05) is 38.2 Å². The molecule has 4 heteroatoms. The van der Waals surface area contributed by atoms with Crippen molar-refractivity contribution in [1.82, 2.24) is 19.1 Å². The van der Waals surface area contributed by atoms with Crippen LogP contribution in [0.25, 0.3) is 132 Å². The lowest BCUT2D eigenvalue weighted by molar-refractivity contribution is 1.01. The summed E-state index contributed by atoms with van der Waals surface area (Å²) < 4.78 is 4.75. The van der Waals surface area contributed by atoms with Crippen LogP contribution in [0.5, 0.6) is 0 Å². The molecule has 0 fully saturated rings. The van der Waals surface area contributed by atoms with Crippen molar-refractivity contribution in [2.75, 3.05) is 0 Å². The molecule has 14 rings (SSSR count). The summed E-state index contributed by atoms with van der Waals surface area (Å²) >= 11 is 0. The van der Waals surface area contributed by atoms with Gasteiger partial charge in [0.25, 0.3) is 0 Å². The summed E-state index contributed by atoms with van der Waals surface area (Å²) in [7, 11) is 0. The molecule has 0 N–H and O–H groups in total. The lowest BCUT2D eigenvalue weighted by atomic mass is 9.87. The lowest BCUT2D eigenvalue weighted by Gasteiger charge is -2.17. The summed E-state index contributed by atoms with van der Waals surface area (Å²) in [5.74, 6) is 0.653. The summed E-state index contributed by atoms with van der Waals surface area (Å²) in [6.07, 6.45) is 0. The molecule has 286 valence electrons. The van der Waals surface area contributed by atoms with E-state index in [1.807, 2.05) is 0 Å². The zero-order valence-corrected chi connectivity index (χ0v) is 33.4. The van der Waals surface area contributed by atoms with Crippen LogP contribution >= 0.6 is 0 Å². The third-order valence-corrected chi connectivity index (χ3v) is 13.2. The monoisotopic (exact) mass is 786 g/mol. The fraction of sp³-hybridized carbons (Fsp3) is 0. The van der Waals surface area contributed by atoms with Gasteiger partial charge in [-0.25, -0.2) is 9.97 Å². The van der Waals surface area contributed by atoms with Crippen molar-refractivity contribution in [3.8, 4) is 34.0 Å². The third-order valence-electron chi connectivity index (χ3n) is 13.2. The van der Waals surface area contributed by atoms with E-state index in [9.17, 15) is 0 Å². The highest BCUT2D eigenvalue weighted by atomic mass is 15.2. The van der Waals surface area contributed by atoms with Crippen molar-refractivity contribution < 1.29 is 0 Å². The van der Waals surface area contributed by atoms with Gasteiger partial charge in [-0.3, -0.25) is 4.57 Å². The fourth-order valence-electron chi connectivity index (χ4n) is 10.7. The predicted molar refractivity (Wildman–Crippen MR) is 260 cm³/mol. The largest absolute Gasteiger partial charge is 0.309 e. The molecule has 4 nitrogen and oxygen atoms in total. The summed E-state index contributed by atoms with van der Waals surface area (Å²) in [6.45, 7) is 0. The van der Waals surface area contributed by atoms with E-state index in [0.717, 1.165) is 38.9 Å². The molecule has 0 atom stereocenters. The van der Waals surface area contributed by atoms with Crippen LogP contribution in [0.4, 0.5) is 0 Å². The smallest absolute Gasteiger partial charge is 0.235 e. The molecule has 0 aliphatic rings. The van der Waals surface area contributed by atoms with Crippen LogP contribution < -0.4 is 0 Å². The van der Waals surface area contributed by atoms with E-state index in [-0.39, 0.29) is 0 Å². The lowest BCUT2D eigenvalue weighted by Crippen LogP contribution is -2.03. The fourth-order valence-corrected chi connectivity index (χ4v) is 10.7. The molecule has 0 saturated heterocycles. The number of hydrogen-bond acceptors (Lipinski definition) is 2. The highest BCUT2D eigenvalue weighted by molar-refractivity contribution is 6.41. The maximum Gasteiger partial charge on any atom is 0.235 e. The van der Waals surface area contributed by atoms with Crippen molar-refractivity contribution in [3.63, 3.8) is 0 Å². The van der Waals surface area contributed by atoms with E-state index in [0.29, 0.717) is 5.95 Å². The van der Waals surface area contributed by atoms with Crippen molar-refractivity contribution in [2.45, 2.75) is 0 Å². The van der Waals surface area contributed by atoms with Crippen LogP contribution in [0.1, 0.15) is 0 Å². The topological polar surface area (TPSA) is 35.6 Å². The van der Waals surface area contributed by atoms with Crippen molar-refractivity contribution in [3.05, 3.63) is 206 Å². The number of aromatic nitrogens is 4. The number of hydrogen-bond donors (Lipinski definition) is 0. The number of nitrogens with zero attached hydrogens (tertiary/aromatic N) is 4. The molecule has 11 aromatic carbocycles. The second kappa shape index (κ2) is 12.6. The number of para-hydroxylation sites is 4. The molecule has 0 unspecified atom stereocenters. The van der Waals surface area contributed by atoms with Gasteiger partial charge in [0.2, 0.25) is 5.95 Å². The van der Waals surface area contributed by atoms with Gasteiger partial charge in [-0.05, 0) is 96.7 Å². The zero-order chi connectivity index (χ0) is 40.5. The van der Waals surface area contributed by atoms with Gasteiger partial charge in [-0.15, -0.1) is 0 Å². The summed E-state index contributed by atoms with van der Waals surface area (Å²) in [5, 5.41) is 16.0. The van der Waals surface area contributed by atoms with E-state index >= 15 is 0 Å². The number of rotatable bonds is 4. The van der Waals surface area contributed by atoms with Crippen LogP contribution in [0.3, 0.4) is 0 Å². The molecule has 14 aromatic rings. The van der Waals surface area contributed by atoms with Crippen LogP contribution in [-0.4, -0.2) is 19.1 Å². The van der Waals surface area contributed by atoms with Gasteiger partial charge in [-0.1, -0.05) is 164 Å². The van der Waals surface area contributed by atoms with Crippen LogP contribution in [0.15, 0.2) is 206 Å². The van der Waals surface area contributed by atoms with Crippen LogP contribution in [0.2, 0.25) is 0 Å². The van der Waals surface area contributed by atoms with Gasteiger partial charge in [0.15, 0.2) is 0 Å². The highest BCUT2D eigenvalue weighted by Gasteiger charge is 2.24. The van der Waals surface area contributed by atoms with Crippen LogP contribution in [-0.2, 0) is 0 Å². The van der Waals surface area contributed by atoms with E-state index in [1.165, 1.54) is 86.8 Å². The summed E-state index contributed by atoms with van der Waals surface area (Å²) in [5.41, 5.74) is 11.0. The molecule has 0 radical (unpaired) electrons. The maximum absolute atomic E-state index is 5.52. The molecule has 0 bridgehead atoms. The minimum absolute atomic E-state index is 0.653. The van der Waals surface area contributed by atoms with Crippen molar-refractivity contribution in [2.24, 2.45) is 0 Å². The van der Waals surface area contributed by atoms with Crippen molar-refractivity contribution in [1.29, 1.82) is 0 Å². The molecular formula is C58H34N4. The molecule has 0 aliphatic heterocycles. The Kier molecular flexibility index (Phi) is 6.80. The van der Waals surface area contributed by atoms with E-state index in [4.69, 9.17) is 9.97 Å². The Morgan fingerprint density at radius 1 is 0.274 bits per heavy atom. The molecular weight excluding hydrogens is 753 g/mol. The molecule has 0 aliphatic carbocycles. The Hall–Kier alpha value is -8.34. The maximum atomic E-state index is 5.52. The molecule has 3 heterocycles. The Balaban J connectivity index is 1.12. The molecule has 0 spiro atoms. The first-order chi connectivity index (χ1) is 30.8. The first-order valence-corrected chi connectivity index (χ1v) is 21.3.